The summed E-state index contributed by atoms with van der Waals surface area (Å²) in [5, 5.41) is 18.2. The summed E-state index contributed by atoms with van der Waals surface area (Å²) in [5.74, 6) is 1.65. The fraction of sp³-hybridized carbons (Fsp3) is 0.205. The Hall–Kier alpha value is -8.81. The molecule has 0 spiro atoms. The third kappa shape index (κ3) is 12.1. The van der Waals surface area contributed by atoms with E-state index in [1.807, 2.05) is 52.9 Å². The number of carbonyl (C=O) groups excluding carboxylic acids is 1. The number of rotatable bonds is 13. The van der Waals surface area contributed by atoms with E-state index in [9.17, 15) is 9.90 Å². The zero-order valence-electron chi connectivity index (χ0n) is 50.7. The van der Waals surface area contributed by atoms with Gasteiger partial charge in [0.1, 0.15) is 0 Å². The molecule has 0 atom stereocenters. The maximum absolute atomic E-state index is 12.0. The molecule has 4 heterocycles. The Morgan fingerprint density at radius 3 is 1.72 bits per heavy atom. The average molecular weight is 1310 g/mol. The SMILES string of the molecule is CCC(CC)C(O)=CC(=O)C(C)(CC)CC.Cc1[c-]c(-c2nccc3cc(C(C)C)ccc23)cc(C)c1.[Ir].c1ccc(-c2nc(-n3c4ccccc4c4cc(-c5ccc6c(c5)c5ccccc5n6-c5ccccc5)ccc43)nc3ccccc23)cc1. The number of pyridine rings is 1. The molecule has 1 N–H and O–H groups in total. The first-order chi connectivity index (χ1) is 41.3. The van der Waals surface area contributed by atoms with Crippen molar-refractivity contribution in [1.82, 2.24) is 24.1 Å². The van der Waals surface area contributed by atoms with Crippen molar-refractivity contribution in [3.05, 3.63) is 247 Å². The average Bonchev–Trinajstić information content (AvgIpc) is 1.70. The summed E-state index contributed by atoms with van der Waals surface area (Å²) >= 11 is 0. The Balaban J connectivity index is 0.000000179. The number of hydrogen-bond donors (Lipinski definition) is 1. The van der Waals surface area contributed by atoms with E-state index < -0.39 is 0 Å². The smallest absolute Gasteiger partial charge is 0.235 e. The van der Waals surface area contributed by atoms with E-state index in [0.29, 0.717) is 11.9 Å². The molecule has 0 bridgehead atoms. The molecule has 0 unspecified atom stereocenters. The first-order valence-electron chi connectivity index (χ1n) is 30.1. The molecule has 8 heteroatoms. The largest absolute Gasteiger partial charge is 0.512 e. The van der Waals surface area contributed by atoms with Gasteiger partial charge in [-0.15, -0.1) is 34.9 Å². The van der Waals surface area contributed by atoms with Crippen molar-refractivity contribution in [3.8, 4) is 45.3 Å². The van der Waals surface area contributed by atoms with Crippen molar-refractivity contribution in [1.29, 1.82) is 0 Å². The topological polar surface area (TPSA) is 85.8 Å². The predicted molar refractivity (Wildman–Crippen MR) is 357 cm³/mol. The van der Waals surface area contributed by atoms with Crippen molar-refractivity contribution in [2.75, 3.05) is 0 Å². The van der Waals surface area contributed by atoms with Crippen LogP contribution in [0.15, 0.2) is 224 Å². The Morgan fingerprint density at radius 1 is 0.558 bits per heavy atom. The summed E-state index contributed by atoms with van der Waals surface area (Å²) in [7, 11) is 0. The Bertz CT molecular complexity index is 4570. The normalized spacial score (nSPS) is 11.8. The second-order valence-electron chi connectivity index (χ2n) is 23.0. The molecule has 433 valence electrons. The number of fused-ring (bicyclic) bond motifs is 8. The zero-order chi connectivity index (χ0) is 59.4. The van der Waals surface area contributed by atoms with Crippen molar-refractivity contribution < 1.29 is 30.0 Å². The molecule has 0 aliphatic heterocycles. The third-order valence-electron chi connectivity index (χ3n) is 17.2. The molecular formula is C78H74IrN5O2-. The maximum Gasteiger partial charge on any atom is 0.235 e. The number of benzene rings is 9. The van der Waals surface area contributed by atoms with Crippen LogP contribution < -0.4 is 0 Å². The summed E-state index contributed by atoms with van der Waals surface area (Å²) < 4.78 is 4.57. The number of hydrogen-bond acceptors (Lipinski definition) is 5. The van der Waals surface area contributed by atoms with Crippen molar-refractivity contribution >= 4 is 71.1 Å². The van der Waals surface area contributed by atoms with Crippen LogP contribution >= 0.6 is 0 Å². The first kappa shape index (κ1) is 60.3. The van der Waals surface area contributed by atoms with Crippen LogP contribution in [0.25, 0.3) is 111 Å². The number of nitrogens with zero attached hydrogens (tertiary/aromatic N) is 5. The molecule has 0 aliphatic rings. The summed E-state index contributed by atoms with van der Waals surface area (Å²) in [5.41, 5.74) is 16.6. The number of ketones is 1. The Morgan fingerprint density at radius 2 is 1.12 bits per heavy atom. The molecule has 0 amide bonds. The van der Waals surface area contributed by atoms with Crippen molar-refractivity contribution in [2.45, 2.75) is 93.9 Å². The minimum absolute atomic E-state index is 0. The number of aromatic nitrogens is 5. The predicted octanol–water partition coefficient (Wildman–Crippen LogP) is 20.9. The quantitative estimate of drug-likeness (QED) is 0.0706. The summed E-state index contributed by atoms with van der Waals surface area (Å²) in [6.07, 6.45) is 6.73. The van der Waals surface area contributed by atoms with Crippen LogP contribution in [0.4, 0.5) is 0 Å². The monoisotopic (exact) mass is 1310 g/mol. The van der Waals surface area contributed by atoms with Crippen LogP contribution in [0.2, 0.25) is 0 Å². The number of aliphatic hydroxyl groups excluding tert-OH is 1. The molecule has 1 radical (unpaired) electrons. The van der Waals surface area contributed by atoms with Crippen LogP contribution in [0, 0.1) is 31.2 Å². The van der Waals surface area contributed by atoms with Gasteiger partial charge in [0.25, 0.3) is 0 Å². The summed E-state index contributed by atoms with van der Waals surface area (Å²) in [6, 6.07) is 76.7. The number of para-hydroxylation sites is 4. The van der Waals surface area contributed by atoms with Crippen molar-refractivity contribution in [2.24, 2.45) is 11.3 Å². The minimum atomic E-state index is -0.319. The van der Waals surface area contributed by atoms with E-state index in [-0.39, 0.29) is 43.0 Å². The molecule has 0 saturated carbocycles. The fourth-order valence-corrected chi connectivity index (χ4v) is 11.9. The van der Waals surface area contributed by atoms with Gasteiger partial charge >= 0.3 is 0 Å². The fourth-order valence-electron chi connectivity index (χ4n) is 11.9. The molecule has 86 heavy (non-hydrogen) atoms. The second kappa shape index (κ2) is 26.2. The third-order valence-corrected chi connectivity index (χ3v) is 17.2. The number of carbonyl (C=O) groups is 1. The molecule has 0 aliphatic carbocycles. The number of allylic oxidation sites excluding steroid dienone is 2. The first-order valence-corrected chi connectivity index (χ1v) is 30.1. The van der Waals surface area contributed by atoms with Crippen LogP contribution in [-0.4, -0.2) is 35.0 Å². The molecule has 0 fully saturated rings. The molecule has 9 aromatic carbocycles. The number of aryl methyl sites for hydroxylation is 2. The van der Waals surface area contributed by atoms with Gasteiger partial charge in [-0.25, -0.2) is 9.97 Å². The van der Waals surface area contributed by atoms with Gasteiger partial charge in [-0.3, -0.25) is 9.36 Å². The van der Waals surface area contributed by atoms with Crippen LogP contribution in [0.3, 0.4) is 0 Å². The number of aliphatic hydroxyl groups is 1. The van der Waals surface area contributed by atoms with Crippen LogP contribution in [0.5, 0.6) is 0 Å². The van der Waals surface area contributed by atoms with Gasteiger partial charge in [0, 0.05) is 81.9 Å². The summed E-state index contributed by atoms with van der Waals surface area (Å²) in [6.45, 7) is 18.7. The van der Waals surface area contributed by atoms with Crippen molar-refractivity contribution in [3.63, 3.8) is 0 Å². The molecule has 7 nitrogen and oxygen atoms in total. The molecule has 13 aromatic rings. The molecule has 4 aromatic heterocycles. The van der Waals surface area contributed by atoms with E-state index >= 15 is 0 Å². The van der Waals surface area contributed by atoms with Gasteiger partial charge in [0.05, 0.1) is 39.0 Å². The second-order valence-corrected chi connectivity index (χ2v) is 23.0. The van der Waals surface area contributed by atoms with E-state index in [1.165, 1.54) is 71.7 Å². The van der Waals surface area contributed by atoms with E-state index in [2.05, 4.69) is 242 Å². The van der Waals surface area contributed by atoms with E-state index in [4.69, 9.17) is 9.97 Å². The summed E-state index contributed by atoms with van der Waals surface area (Å²) in [4.78, 5) is 27.0. The minimum Gasteiger partial charge on any atom is -0.512 e. The Kier molecular flexibility index (Phi) is 18.4. The van der Waals surface area contributed by atoms with E-state index in [0.717, 1.165) is 81.4 Å². The van der Waals surface area contributed by atoms with Gasteiger partial charge in [-0.05, 0) is 125 Å². The van der Waals surface area contributed by atoms with Gasteiger partial charge in [-0.1, -0.05) is 196 Å². The molecule has 13 rings (SSSR count). The van der Waals surface area contributed by atoms with Gasteiger partial charge in [-0.2, -0.15) is 0 Å². The zero-order valence-corrected chi connectivity index (χ0v) is 53.1. The molecule has 0 saturated heterocycles. The van der Waals surface area contributed by atoms with Crippen LogP contribution in [0.1, 0.15) is 96.8 Å². The maximum atomic E-state index is 12.0. The Labute approximate surface area is 519 Å². The standard InChI is InChI=1S/C44H28N4.C20H20N.C14H26O2.Ir/c1-3-13-29(14-4-1)43-35-19-7-10-20-38(35)45-44(46-43)48-40-22-12-9-18-34(40)37-28-31(24-26-42(37)48)30-23-25-41-36(27-30)33-17-8-11-21-39(33)47(41)32-15-5-2-6-16-32;1-13(2)16-5-6-19-17(12-16)7-8-21-20(19)18-10-14(3)9-15(4)11-18;1-6-11(7-2)12(15)10-13(16)14(5,8-3)9-4;/h1-28H;5-10,12-13H,1-4H3;10-11,15H,6-9H2,1-5H3;/q;-1;;. The van der Waals surface area contributed by atoms with Gasteiger partial charge in [0.15, 0.2) is 5.78 Å². The van der Waals surface area contributed by atoms with Crippen LogP contribution in [-0.2, 0) is 24.9 Å². The molecular weight excluding hydrogens is 1230 g/mol. The van der Waals surface area contributed by atoms with E-state index in [1.54, 1.807) is 0 Å². The van der Waals surface area contributed by atoms with Gasteiger partial charge in [0.2, 0.25) is 5.95 Å². The van der Waals surface area contributed by atoms with Gasteiger partial charge < -0.3 is 14.7 Å².